The molecule has 0 bridgehead atoms. The van der Waals surface area contributed by atoms with Gasteiger partial charge in [-0.15, -0.1) is 0 Å². The average Bonchev–Trinajstić information content (AvgIpc) is 2.38. The first-order valence-corrected chi connectivity index (χ1v) is 6.26. The van der Waals surface area contributed by atoms with E-state index in [9.17, 15) is 0 Å². The Morgan fingerprint density at radius 2 is 1.89 bits per heavy atom. The van der Waals surface area contributed by atoms with Gasteiger partial charge < -0.3 is 14.8 Å². The van der Waals surface area contributed by atoms with Gasteiger partial charge in [0.25, 0.3) is 0 Å². The highest BCUT2D eigenvalue weighted by molar-refractivity contribution is 5.22. The number of nitrogens with one attached hydrogen (secondary N) is 1. The maximum absolute atomic E-state index is 5.59. The van der Waals surface area contributed by atoms with Crippen LogP contribution in [0.1, 0.15) is 32.5 Å². The normalized spacial score (nSPS) is 14.6. The van der Waals surface area contributed by atoms with E-state index >= 15 is 0 Å². The Balaban J connectivity index is 3.09. The number of nitrogens with zero attached hydrogens (tertiary/aromatic N) is 2. The molecule has 1 rings (SSSR count). The second-order valence-electron chi connectivity index (χ2n) is 4.43. The summed E-state index contributed by atoms with van der Waals surface area (Å²) >= 11 is 0. The van der Waals surface area contributed by atoms with Gasteiger partial charge in [-0.05, 0) is 12.5 Å². The molecule has 0 saturated heterocycles. The van der Waals surface area contributed by atoms with Crippen LogP contribution in [0.25, 0.3) is 0 Å². The first-order valence-electron chi connectivity index (χ1n) is 6.26. The fraction of sp³-hybridized carbons (Fsp3) is 0.692. The predicted octanol–water partition coefficient (Wildman–Crippen LogP) is 1.81. The number of hydrogen-bond acceptors (Lipinski definition) is 5. The molecule has 0 spiro atoms. The summed E-state index contributed by atoms with van der Waals surface area (Å²) in [5.74, 6) is 0.914. The van der Waals surface area contributed by atoms with Crippen LogP contribution in [0.15, 0.2) is 12.4 Å². The minimum absolute atomic E-state index is 0.0237. The van der Waals surface area contributed by atoms with E-state index in [0.29, 0.717) is 11.8 Å². The van der Waals surface area contributed by atoms with Crippen molar-refractivity contribution in [1.82, 2.24) is 15.3 Å². The Morgan fingerprint density at radius 1 is 1.22 bits per heavy atom. The minimum atomic E-state index is -0.0244. The van der Waals surface area contributed by atoms with Crippen LogP contribution in [0.4, 0.5) is 0 Å². The number of methoxy groups -OCH3 is 2. The minimum Gasteiger partial charge on any atom is -0.480 e. The molecule has 0 aromatic carbocycles. The Bertz CT molecular complexity index is 358. The van der Waals surface area contributed by atoms with Gasteiger partial charge in [0.15, 0.2) is 0 Å². The summed E-state index contributed by atoms with van der Waals surface area (Å²) in [7, 11) is 3.32. The summed E-state index contributed by atoms with van der Waals surface area (Å²) in [6.07, 6.45) is 3.33. The smallest absolute Gasteiger partial charge is 0.237 e. The van der Waals surface area contributed by atoms with Crippen molar-refractivity contribution >= 4 is 0 Å². The summed E-state index contributed by atoms with van der Waals surface area (Å²) < 4.78 is 10.9. The third-order valence-electron chi connectivity index (χ3n) is 2.86. The van der Waals surface area contributed by atoms with Crippen molar-refractivity contribution in [3.8, 4) is 5.88 Å². The van der Waals surface area contributed by atoms with Gasteiger partial charge in [-0.25, -0.2) is 4.98 Å². The lowest BCUT2D eigenvalue weighted by atomic mass is 9.96. The van der Waals surface area contributed by atoms with E-state index in [1.165, 1.54) is 0 Å². The van der Waals surface area contributed by atoms with Gasteiger partial charge in [-0.3, -0.25) is 4.98 Å². The van der Waals surface area contributed by atoms with Crippen LogP contribution in [0, 0.1) is 5.92 Å². The van der Waals surface area contributed by atoms with Gasteiger partial charge in [0, 0.05) is 19.5 Å². The van der Waals surface area contributed by atoms with E-state index in [4.69, 9.17) is 9.47 Å². The van der Waals surface area contributed by atoms with Crippen molar-refractivity contribution in [3.05, 3.63) is 18.1 Å². The van der Waals surface area contributed by atoms with Gasteiger partial charge in [0.1, 0.15) is 5.69 Å². The molecule has 18 heavy (non-hydrogen) atoms. The van der Waals surface area contributed by atoms with Crippen LogP contribution in [0.2, 0.25) is 0 Å². The topological polar surface area (TPSA) is 56.3 Å². The third kappa shape index (κ3) is 3.40. The van der Waals surface area contributed by atoms with Crippen molar-refractivity contribution in [3.63, 3.8) is 0 Å². The number of hydrogen-bond donors (Lipinski definition) is 1. The van der Waals surface area contributed by atoms with Crippen LogP contribution in [-0.4, -0.2) is 36.8 Å². The standard InChI is InChI=1S/C13H23N3O2/c1-6-14-10(12(17-4)9(2)3)11-13(18-5)16-8-7-15-11/h7-10,12,14H,6H2,1-5H3. The van der Waals surface area contributed by atoms with E-state index in [2.05, 4.69) is 36.1 Å². The van der Waals surface area contributed by atoms with E-state index < -0.39 is 0 Å². The summed E-state index contributed by atoms with van der Waals surface area (Å²) in [6.45, 7) is 7.14. The van der Waals surface area contributed by atoms with Gasteiger partial charge >= 0.3 is 0 Å². The van der Waals surface area contributed by atoms with E-state index in [0.717, 1.165) is 12.2 Å². The highest BCUT2D eigenvalue weighted by Crippen LogP contribution is 2.27. The van der Waals surface area contributed by atoms with Gasteiger partial charge in [-0.2, -0.15) is 0 Å². The zero-order valence-corrected chi connectivity index (χ0v) is 11.8. The lowest BCUT2D eigenvalue weighted by Gasteiger charge is -2.29. The van der Waals surface area contributed by atoms with Crippen LogP contribution in [0.3, 0.4) is 0 Å². The fourth-order valence-electron chi connectivity index (χ4n) is 2.09. The monoisotopic (exact) mass is 253 g/mol. The van der Waals surface area contributed by atoms with Gasteiger partial charge in [-0.1, -0.05) is 20.8 Å². The SMILES string of the molecule is CCNC(c1nccnc1OC)C(OC)C(C)C. The molecule has 0 aliphatic carbocycles. The van der Waals surface area contributed by atoms with E-state index in [-0.39, 0.29) is 12.1 Å². The Labute approximate surface area is 109 Å². The molecule has 1 N–H and O–H groups in total. The lowest BCUT2D eigenvalue weighted by molar-refractivity contribution is 0.0310. The molecule has 1 heterocycles. The highest BCUT2D eigenvalue weighted by atomic mass is 16.5. The summed E-state index contributed by atoms with van der Waals surface area (Å²) in [4.78, 5) is 8.59. The number of aromatic nitrogens is 2. The second-order valence-corrected chi connectivity index (χ2v) is 4.43. The zero-order valence-electron chi connectivity index (χ0n) is 11.8. The van der Waals surface area contributed by atoms with Crippen molar-refractivity contribution in [2.75, 3.05) is 20.8 Å². The molecule has 2 atom stereocenters. The molecule has 0 saturated carbocycles. The van der Waals surface area contributed by atoms with Crippen LogP contribution >= 0.6 is 0 Å². The molecule has 2 unspecified atom stereocenters. The maximum atomic E-state index is 5.59. The summed E-state index contributed by atoms with van der Waals surface area (Å²) in [5, 5.41) is 3.40. The third-order valence-corrected chi connectivity index (χ3v) is 2.86. The van der Waals surface area contributed by atoms with Crippen molar-refractivity contribution in [1.29, 1.82) is 0 Å². The van der Waals surface area contributed by atoms with E-state index in [1.807, 2.05) is 0 Å². The Kier molecular flexibility index (Phi) is 6.01. The average molecular weight is 253 g/mol. The number of likely N-dealkylation sites (N-methyl/N-ethyl adjacent to an activating group) is 1. The molecular formula is C13H23N3O2. The van der Waals surface area contributed by atoms with E-state index in [1.54, 1.807) is 26.6 Å². The molecule has 0 aliphatic rings. The molecule has 0 amide bonds. The molecule has 5 nitrogen and oxygen atoms in total. The zero-order chi connectivity index (χ0) is 13.5. The Morgan fingerprint density at radius 3 is 2.39 bits per heavy atom. The molecular weight excluding hydrogens is 230 g/mol. The quantitative estimate of drug-likeness (QED) is 0.803. The molecule has 1 aromatic heterocycles. The van der Waals surface area contributed by atoms with Crippen LogP contribution in [0.5, 0.6) is 5.88 Å². The first kappa shape index (κ1) is 14.9. The van der Waals surface area contributed by atoms with Crippen molar-refractivity contribution in [2.24, 2.45) is 5.92 Å². The number of ether oxygens (including phenoxy) is 2. The van der Waals surface area contributed by atoms with Crippen LogP contribution in [-0.2, 0) is 4.74 Å². The molecule has 1 aromatic rings. The van der Waals surface area contributed by atoms with Crippen LogP contribution < -0.4 is 10.1 Å². The lowest BCUT2D eigenvalue weighted by Crippen LogP contribution is -2.37. The summed E-state index contributed by atoms with van der Waals surface area (Å²) in [5.41, 5.74) is 0.794. The largest absolute Gasteiger partial charge is 0.480 e. The molecule has 102 valence electrons. The van der Waals surface area contributed by atoms with Gasteiger partial charge in [0.05, 0.1) is 19.3 Å². The fourth-order valence-corrected chi connectivity index (χ4v) is 2.09. The second kappa shape index (κ2) is 7.28. The van der Waals surface area contributed by atoms with Gasteiger partial charge in [0.2, 0.25) is 5.88 Å². The highest BCUT2D eigenvalue weighted by Gasteiger charge is 2.29. The van der Waals surface area contributed by atoms with Crippen molar-refractivity contribution < 1.29 is 9.47 Å². The molecule has 0 fully saturated rings. The maximum Gasteiger partial charge on any atom is 0.237 e. The first-order chi connectivity index (χ1) is 8.65. The van der Waals surface area contributed by atoms with Crippen molar-refractivity contribution in [2.45, 2.75) is 32.9 Å². The molecule has 0 aliphatic heterocycles. The molecule has 5 heteroatoms. The number of rotatable bonds is 7. The summed E-state index contributed by atoms with van der Waals surface area (Å²) in [6, 6.07) is -0.0244. The predicted molar refractivity (Wildman–Crippen MR) is 70.6 cm³/mol. The Hall–Kier alpha value is -1.20. The molecule has 0 radical (unpaired) electrons.